The van der Waals surface area contributed by atoms with Crippen LogP contribution in [-0.4, -0.2) is 33.1 Å². The molecule has 0 bridgehead atoms. The molecule has 5 nitrogen and oxygen atoms in total. The second-order valence-corrected chi connectivity index (χ2v) is 7.39. The number of nitrogens with zero attached hydrogens (tertiary/aromatic N) is 3. The molecule has 0 radical (unpaired) electrons. The van der Waals surface area contributed by atoms with E-state index >= 15 is 0 Å². The first-order valence-electron chi connectivity index (χ1n) is 7.05. The maximum absolute atomic E-state index is 6.09. The largest absolute Gasteiger partial charge is 0.498 e. The van der Waals surface area contributed by atoms with Crippen LogP contribution in [0.3, 0.4) is 0 Å². The van der Waals surface area contributed by atoms with Gasteiger partial charge in [0.25, 0.3) is 0 Å². The molecule has 112 valence electrons. The van der Waals surface area contributed by atoms with E-state index in [0.717, 1.165) is 17.7 Å². The predicted octanol–water partition coefficient (Wildman–Crippen LogP) is 2.00. The predicted molar refractivity (Wildman–Crippen MR) is 83.9 cm³/mol. The van der Waals surface area contributed by atoms with Crippen LogP contribution in [0.4, 0.5) is 0 Å². The van der Waals surface area contributed by atoms with Gasteiger partial charge in [0.2, 0.25) is 0 Å². The first-order valence-corrected chi connectivity index (χ1v) is 7.93. The summed E-state index contributed by atoms with van der Waals surface area (Å²) in [5.74, 6) is 0. The lowest BCUT2D eigenvalue weighted by Gasteiger charge is -2.32. The van der Waals surface area contributed by atoms with Gasteiger partial charge in [-0.15, -0.1) is 11.3 Å². The Labute approximate surface area is 129 Å². The third kappa shape index (κ3) is 2.65. The SMILES string of the molecule is Cc1nn(Cc2cncs2)cc1B1OC(C)(C)C(C)(C)O1. The van der Waals surface area contributed by atoms with E-state index in [-0.39, 0.29) is 18.3 Å². The van der Waals surface area contributed by atoms with Crippen molar-refractivity contribution in [2.45, 2.75) is 52.4 Å². The zero-order chi connectivity index (χ0) is 15.3. The van der Waals surface area contributed by atoms with Gasteiger partial charge in [-0.3, -0.25) is 9.67 Å². The number of aromatic nitrogens is 3. The molecule has 0 spiro atoms. The monoisotopic (exact) mass is 305 g/mol. The Bertz CT molecular complexity index is 621. The molecule has 0 saturated carbocycles. The molecular formula is C14H20BN3O2S. The Kier molecular flexibility index (Phi) is 3.46. The lowest BCUT2D eigenvalue weighted by atomic mass is 9.79. The minimum absolute atomic E-state index is 0.329. The Hall–Kier alpha value is -1.18. The van der Waals surface area contributed by atoms with Crippen LogP contribution in [0.25, 0.3) is 0 Å². The highest BCUT2D eigenvalue weighted by atomic mass is 32.1. The molecule has 3 heterocycles. The highest BCUT2D eigenvalue weighted by Crippen LogP contribution is 2.36. The summed E-state index contributed by atoms with van der Waals surface area (Å²) in [6.45, 7) is 11.0. The van der Waals surface area contributed by atoms with Crippen molar-refractivity contribution in [3.05, 3.63) is 28.5 Å². The molecule has 1 fully saturated rings. The van der Waals surface area contributed by atoms with Crippen LogP contribution in [0.15, 0.2) is 17.9 Å². The Morgan fingerprint density at radius 1 is 1.24 bits per heavy atom. The average Bonchev–Trinajstić information content (AvgIpc) is 3.01. The van der Waals surface area contributed by atoms with Gasteiger partial charge in [0.15, 0.2) is 0 Å². The summed E-state index contributed by atoms with van der Waals surface area (Å²) in [5, 5.41) is 4.56. The molecule has 1 aliphatic heterocycles. The first kappa shape index (κ1) is 14.7. The molecule has 0 unspecified atom stereocenters. The topological polar surface area (TPSA) is 49.2 Å². The van der Waals surface area contributed by atoms with Crippen LogP contribution in [0.1, 0.15) is 38.3 Å². The third-order valence-corrected chi connectivity index (χ3v) is 5.06. The number of thiazole rings is 1. The van der Waals surface area contributed by atoms with Crippen LogP contribution in [-0.2, 0) is 15.9 Å². The van der Waals surface area contributed by atoms with Gasteiger partial charge >= 0.3 is 7.12 Å². The summed E-state index contributed by atoms with van der Waals surface area (Å²) in [7, 11) is -0.356. The van der Waals surface area contributed by atoms with Crippen molar-refractivity contribution in [1.29, 1.82) is 0 Å². The molecule has 2 aromatic heterocycles. The molecule has 21 heavy (non-hydrogen) atoms. The van der Waals surface area contributed by atoms with E-state index in [2.05, 4.69) is 37.8 Å². The zero-order valence-electron chi connectivity index (χ0n) is 13.1. The number of aryl methyl sites for hydroxylation is 1. The smallest absolute Gasteiger partial charge is 0.399 e. The van der Waals surface area contributed by atoms with E-state index in [1.807, 2.05) is 29.5 Å². The number of hydrogen-bond acceptors (Lipinski definition) is 5. The van der Waals surface area contributed by atoms with Crippen molar-refractivity contribution < 1.29 is 9.31 Å². The molecule has 7 heteroatoms. The Morgan fingerprint density at radius 3 is 2.48 bits per heavy atom. The van der Waals surface area contributed by atoms with Gasteiger partial charge in [-0.2, -0.15) is 5.10 Å². The molecule has 1 aliphatic rings. The third-order valence-electron chi connectivity index (χ3n) is 4.29. The van der Waals surface area contributed by atoms with Gasteiger partial charge in [0, 0.05) is 22.7 Å². The highest BCUT2D eigenvalue weighted by molar-refractivity contribution is 7.09. The second-order valence-electron chi connectivity index (χ2n) is 6.42. The number of rotatable bonds is 3. The molecule has 0 atom stereocenters. The van der Waals surface area contributed by atoms with Gasteiger partial charge < -0.3 is 9.31 Å². The van der Waals surface area contributed by atoms with Crippen molar-refractivity contribution in [1.82, 2.24) is 14.8 Å². The van der Waals surface area contributed by atoms with E-state index in [0.29, 0.717) is 0 Å². The molecule has 0 aliphatic carbocycles. The van der Waals surface area contributed by atoms with E-state index in [9.17, 15) is 0 Å². The summed E-state index contributed by atoms with van der Waals surface area (Å²) in [6.07, 6.45) is 3.88. The van der Waals surface area contributed by atoms with Crippen LogP contribution in [0, 0.1) is 6.92 Å². The van der Waals surface area contributed by atoms with E-state index in [1.54, 1.807) is 11.3 Å². The maximum Gasteiger partial charge on any atom is 0.498 e. The minimum atomic E-state index is -0.356. The molecule has 3 rings (SSSR count). The minimum Gasteiger partial charge on any atom is -0.399 e. The molecule has 1 saturated heterocycles. The lowest BCUT2D eigenvalue weighted by Crippen LogP contribution is -2.41. The van der Waals surface area contributed by atoms with Gasteiger partial charge in [-0.05, 0) is 34.6 Å². The van der Waals surface area contributed by atoms with Crippen LogP contribution >= 0.6 is 11.3 Å². The summed E-state index contributed by atoms with van der Waals surface area (Å²) in [6, 6.07) is 0. The standard InChI is InChI=1S/C14H20BN3O2S/c1-10-12(15-19-13(2,3)14(4,5)20-15)8-18(17-10)7-11-6-16-9-21-11/h6,8-9H,7H2,1-5H3. The van der Waals surface area contributed by atoms with Crippen molar-refractivity contribution in [3.8, 4) is 0 Å². The van der Waals surface area contributed by atoms with Crippen LogP contribution < -0.4 is 5.46 Å². The summed E-state index contributed by atoms with van der Waals surface area (Å²) >= 11 is 1.63. The van der Waals surface area contributed by atoms with Gasteiger partial charge in [-0.25, -0.2) is 0 Å². The quantitative estimate of drug-likeness (QED) is 0.814. The fourth-order valence-corrected chi connectivity index (χ4v) is 2.88. The highest BCUT2D eigenvalue weighted by Gasteiger charge is 2.52. The van der Waals surface area contributed by atoms with Gasteiger partial charge in [0.05, 0.1) is 29.0 Å². The molecule has 0 aromatic carbocycles. The maximum atomic E-state index is 6.09. The number of hydrogen-bond donors (Lipinski definition) is 0. The Morgan fingerprint density at radius 2 is 1.90 bits per heavy atom. The fourth-order valence-electron chi connectivity index (χ4n) is 2.30. The van der Waals surface area contributed by atoms with E-state index in [1.165, 1.54) is 4.88 Å². The molecule has 0 amide bonds. The Balaban J connectivity index is 1.82. The van der Waals surface area contributed by atoms with E-state index in [4.69, 9.17) is 9.31 Å². The molecule has 0 N–H and O–H groups in total. The average molecular weight is 305 g/mol. The van der Waals surface area contributed by atoms with E-state index < -0.39 is 0 Å². The fraction of sp³-hybridized carbons (Fsp3) is 0.571. The van der Waals surface area contributed by atoms with Crippen molar-refractivity contribution in [2.24, 2.45) is 0 Å². The normalized spacial score (nSPS) is 20.1. The van der Waals surface area contributed by atoms with Crippen LogP contribution in [0.5, 0.6) is 0 Å². The second kappa shape index (κ2) is 4.93. The van der Waals surface area contributed by atoms with Gasteiger partial charge in [0.1, 0.15) is 0 Å². The zero-order valence-corrected chi connectivity index (χ0v) is 13.9. The summed E-state index contributed by atoms with van der Waals surface area (Å²) in [5.41, 5.74) is 3.12. The molecule has 2 aromatic rings. The van der Waals surface area contributed by atoms with Gasteiger partial charge in [-0.1, -0.05) is 0 Å². The van der Waals surface area contributed by atoms with Crippen molar-refractivity contribution >= 4 is 23.9 Å². The van der Waals surface area contributed by atoms with Crippen LogP contribution in [0.2, 0.25) is 0 Å². The molecular weight excluding hydrogens is 285 g/mol. The first-order chi connectivity index (χ1) is 9.78. The van der Waals surface area contributed by atoms with Crippen molar-refractivity contribution in [2.75, 3.05) is 0 Å². The van der Waals surface area contributed by atoms with Crippen molar-refractivity contribution in [3.63, 3.8) is 0 Å². The summed E-state index contributed by atoms with van der Waals surface area (Å²) in [4.78, 5) is 5.27. The summed E-state index contributed by atoms with van der Waals surface area (Å²) < 4.78 is 14.1. The lowest BCUT2D eigenvalue weighted by molar-refractivity contribution is 0.00578.